The lowest BCUT2D eigenvalue weighted by Gasteiger charge is -2.40. The molecule has 0 bridgehead atoms. The van der Waals surface area contributed by atoms with E-state index < -0.39 is 16.6 Å². The maximum atomic E-state index is 13.4. The predicted molar refractivity (Wildman–Crippen MR) is 174 cm³/mol. The second-order valence-corrected chi connectivity index (χ2v) is 24.3. The number of rotatable bonds is 16. The number of Topliss-reactive ketones (excluding diaryl/α,β-unsaturated/α-hetero) is 1. The molecule has 4 atom stereocenters. The van der Waals surface area contributed by atoms with E-state index in [0.29, 0.717) is 25.0 Å². The van der Waals surface area contributed by atoms with Gasteiger partial charge in [0.2, 0.25) is 0 Å². The molecule has 0 aliphatic heterocycles. The fraction of sp³-hybridized carbons (Fsp3) is 0.818. The maximum Gasteiger partial charge on any atom is 0.305 e. The second kappa shape index (κ2) is 16.0. The molecule has 1 aliphatic carbocycles. The maximum absolute atomic E-state index is 13.4. The first kappa shape index (κ1) is 37.0. The first-order valence-electron chi connectivity index (χ1n) is 15.6. The molecular formula is C33H62O5Si2. The van der Waals surface area contributed by atoms with Crippen molar-refractivity contribution in [1.82, 2.24) is 0 Å². The molecular weight excluding hydrogens is 533 g/mol. The van der Waals surface area contributed by atoms with Crippen LogP contribution in [0.2, 0.25) is 36.3 Å². The summed E-state index contributed by atoms with van der Waals surface area (Å²) in [4.78, 5) is 24.8. The molecule has 0 heterocycles. The van der Waals surface area contributed by atoms with E-state index in [1.54, 1.807) is 0 Å². The van der Waals surface area contributed by atoms with Gasteiger partial charge >= 0.3 is 5.97 Å². The Labute approximate surface area is 249 Å². The van der Waals surface area contributed by atoms with Crippen LogP contribution in [0.25, 0.3) is 0 Å². The Bertz CT molecular complexity index is 848. The molecule has 0 aromatic heterocycles. The van der Waals surface area contributed by atoms with Gasteiger partial charge in [0.05, 0.1) is 19.3 Å². The van der Waals surface area contributed by atoms with E-state index in [1.165, 1.54) is 20.0 Å². The van der Waals surface area contributed by atoms with Crippen LogP contribution in [-0.2, 0) is 23.2 Å². The monoisotopic (exact) mass is 594 g/mol. The number of methoxy groups -OCH3 is 1. The van der Waals surface area contributed by atoms with Gasteiger partial charge in [0, 0.05) is 24.7 Å². The van der Waals surface area contributed by atoms with Crippen molar-refractivity contribution in [3.63, 3.8) is 0 Å². The van der Waals surface area contributed by atoms with Gasteiger partial charge in [-0.1, -0.05) is 92.0 Å². The van der Waals surface area contributed by atoms with Crippen LogP contribution in [0, 0.1) is 11.8 Å². The molecule has 0 radical (unpaired) electrons. The summed E-state index contributed by atoms with van der Waals surface area (Å²) in [6, 6.07) is 0. The number of esters is 1. The Morgan fingerprint density at radius 1 is 0.975 bits per heavy atom. The fourth-order valence-corrected chi connectivity index (χ4v) is 7.26. The number of carbonyl (C=O) groups is 2. The Kier molecular flexibility index (Phi) is 14.8. The molecule has 0 aromatic rings. The molecule has 1 rings (SSSR count). The van der Waals surface area contributed by atoms with Gasteiger partial charge in [-0.25, -0.2) is 0 Å². The van der Waals surface area contributed by atoms with E-state index in [9.17, 15) is 9.59 Å². The zero-order valence-corrected chi connectivity index (χ0v) is 30.0. The molecule has 1 saturated carbocycles. The third-order valence-corrected chi connectivity index (χ3v) is 18.4. The lowest BCUT2D eigenvalue weighted by molar-refractivity contribution is -0.140. The van der Waals surface area contributed by atoms with Crippen molar-refractivity contribution in [2.45, 2.75) is 155 Å². The first-order valence-corrected chi connectivity index (χ1v) is 21.5. The van der Waals surface area contributed by atoms with Crippen LogP contribution < -0.4 is 0 Å². The summed E-state index contributed by atoms with van der Waals surface area (Å²) in [5.41, 5.74) is 0. The third-order valence-electron chi connectivity index (χ3n) is 9.39. The van der Waals surface area contributed by atoms with Gasteiger partial charge in [-0.15, -0.1) is 0 Å². The molecule has 0 saturated heterocycles. The average molecular weight is 595 g/mol. The molecule has 0 unspecified atom stereocenters. The van der Waals surface area contributed by atoms with E-state index in [-0.39, 0.29) is 40.1 Å². The Morgan fingerprint density at radius 2 is 1.60 bits per heavy atom. The third kappa shape index (κ3) is 11.7. The van der Waals surface area contributed by atoms with E-state index in [1.807, 2.05) is 0 Å². The van der Waals surface area contributed by atoms with Crippen molar-refractivity contribution >= 4 is 28.4 Å². The number of unbranched alkanes of at least 4 members (excludes halogenated alkanes) is 3. The first-order chi connectivity index (χ1) is 18.4. The normalized spacial score (nSPS) is 22.0. The molecule has 0 aromatic carbocycles. The highest BCUT2D eigenvalue weighted by atomic mass is 28.4. The number of ketones is 1. The van der Waals surface area contributed by atoms with Gasteiger partial charge in [-0.05, 0) is 61.9 Å². The summed E-state index contributed by atoms with van der Waals surface area (Å²) in [6.45, 7) is 25.1. The van der Waals surface area contributed by atoms with Crippen molar-refractivity contribution in [3.05, 3.63) is 24.3 Å². The Hall–Kier alpha value is -1.03. The van der Waals surface area contributed by atoms with E-state index in [2.05, 4.69) is 99.0 Å². The topological polar surface area (TPSA) is 61.8 Å². The smallest absolute Gasteiger partial charge is 0.305 e. The van der Waals surface area contributed by atoms with Gasteiger partial charge in [-0.2, -0.15) is 0 Å². The number of hydrogen-bond acceptors (Lipinski definition) is 5. The Balaban J connectivity index is 3.21. The van der Waals surface area contributed by atoms with Gasteiger partial charge in [-0.3, -0.25) is 9.59 Å². The van der Waals surface area contributed by atoms with Crippen LogP contribution >= 0.6 is 0 Å². The number of allylic oxidation sites excluding steroid dienone is 2. The summed E-state index contributed by atoms with van der Waals surface area (Å²) in [5, 5.41) is 0.221. The van der Waals surface area contributed by atoms with Gasteiger partial charge in [0.25, 0.3) is 0 Å². The largest absolute Gasteiger partial charge is 0.469 e. The summed E-state index contributed by atoms with van der Waals surface area (Å²) in [6.07, 6.45) is 16.5. The SMILES string of the molecule is CCCCC[C@@H](/C=C/[C@@H]1[C@H](C/C=C\CCCC(=O)OC)C(=O)C[C@H]1O[Si](C)(C)C(C)(C)C)O[Si](C)(C)C(C)(C)C. The van der Waals surface area contributed by atoms with Crippen molar-refractivity contribution < 1.29 is 23.2 Å². The molecule has 232 valence electrons. The van der Waals surface area contributed by atoms with Crippen LogP contribution in [0.15, 0.2) is 24.3 Å². The van der Waals surface area contributed by atoms with Crippen molar-refractivity contribution in [2.75, 3.05) is 7.11 Å². The molecule has 0 amide bonds. The standard InChI is InChI=1S/C33H62O5Si2/c1-13-14-17-20-26(37-39(9,10)32(2,3)4)23-24-28-27(21-18-15-16-19-22-31(35)36-8)29(34)25-30(28)38-40(11,12)33(5,6)7/h15,18,23-24,26-28,30H,13-14,16-17,19-22,25H2,1-12H3/b18-15-,24-23+/t26-,27-,28+,30+/m0/s1. The number of carbonyl (C=O) groups excluding carboxylic acids is 2. The van der Waals surface area contributed by atoms with Crippen molar-refractivity contribution in [3.8, 4) is 0 Å². The van der Waals surface area contributed by atoms with Crippen molar-refractivity contribution in [1.29, 1.82) is 0 Å². The highest BCUT2D eigenvalue weighted by Crippen LogP contribution is 2.43. The van der Waals surface area contributed by atoms with Gasteiger partial charge in [0.15, 0.2) is 16.6 Å². The summed E-state index contributed by atoms with van der Waals surface area (Å²) < 4.78 is 18.5. The minimum atomic E-state index is -2.05. The molecule has 40 heavy (non-hydrogen) atoms. The number of ether oxygens (including phenoxy) is 1. The highest BCUT2D eigenvalue weighted by molar-refractivity contribution is 6.74. The van der Waals surface area contributed by atoms with E-state index in [0.717, 1.165) is 25.7 Å². The van der Waals surface area contributed by atoms with Crippen molar-refractivity contribution in [2.24, 2.45) is 11.8 Å². The minimum Gasteiger partial charge on any atom is -0.469 e. The summed E-state index contributed by atoms with van der Waals surface area (Å²) >= 11 is 0. The minimum absolute atomic E-state index is 0.0398. The average Bonchev–Trinajstić information content (AvgIpc) is 3.10. The number of hydrogen-bond donors (Lipinski definition) is 0. The zero-order valence-electron chi connectivity index (χ0n) is 28.0. The summed E-state index contributed by atoms with van der Waals surface area (Å²) in [7, 11) is -2.58. The molecule has 5 nitrogen and oxygen atoms in total. The van der Waals surface area contributed by atoms with Crippen LogP contribution in [0.1, 0.15) is 106 Å². The predicted octanol–water partition coefficient (Wildman–Crippen LogP) is 9.40. The molecule has 7 heteroatoms. The Morgan fingerprint density at radius 3 is 2.15 bits per heavy atom. The van der Waals surface area contributed by atoms with E-state index >= 15 is 0 Å². The summed E-state index contributed by atoms with van der Waals surface area (Å²) in [5.74, 6) is 0.0686. The van der Waals surface area contributed by atoms with Crippen LogP contribution in [0.5, 0.6) is 0 Å². The van der Waals surface area contributed by atoms with Gasteiger partial charge in [0.1, 0.15) is 5.78 Å². The molecule has 1 aliphatic rings. The molecule has 1 fully saturated rings. The van der Waals surface area contributed by atoms with Crippen LogP contribution in [0.3, 0.4) is 0 Å². The lowest BCUT2D eigenvalue weighted by Crippen LogP contribution is -2.45. The lowest BCUT2D eigenvalue weighted by atomic mass is 9.90. The van der Waals surface area contributed by atoms with Crippen LogP contribution in [0.4, 0.5) is 0 Å². The van der Waals surface area contributed by atoms with E-state index in [4.69, 9.17) is 13.6 Å². The van der Waals surface area contributed by atoms with Gasteiger partial charge < -0.3 is 13.6 Å². The fourth-order valence-electron chi connectivity index (χ4n) is 4.61. The quantitative estimate of drug-likeness (QED) is 0.0771. The molecule has 0 spiro atoms. The second-order valence-electron chi connectivity index (χ2n) is 14.7. The highest BCUT2D eigenvalue weighted by Gasteiger charge is 2.47. The molecule has 0 N–H and O–H groups in total. The zero-order chi connectivity index (χ0) is 30.8. The van der Waals surface area contributed by atoms with Crippen LogP contribution in [-0.4, -0.2) is 47.7 Å².